The Balaban J connectivity index is 1.99. The minimum absolute atomic E-state index is 0.0667. The molecule has 0 fully saturated rings. The van der Waals surface area contributed by atoms with Crippen LogP contribution in [0.3, 0.4) is 0 Å². The summed E-state index contributed by atoms with van der Waals surface area (Å²) in [4.78, 5) is 12.4. The highest BCUT2D eigenvalue weighted by atomic mass is 32.2. The second-order valence-corrected chi connectivity index (χ2v) is 7.94. The molecule has 0 heterocycles. The lowest BCUT2D eigenvalue weighted by atomic mass is 10.0. The van der Waals surface area contributed by atoms with E-state index >= 15 is 0 Å². The number of aryl methyl sites for hydroxylation is 1. The lowest BCUT2D eigenvalue weighted by Gasteiger charge is -2.18. The predicted octanol–water partition coefficient (Wildman–Crippen LogP) is 3.04. The number of carbonyl (C=O) groups is 1. The number of rotatable bonds is 7. The number of hydrogen-bond acceptors (Lipinski definition) is 4. The van der Waals surface area contributed by atoms with E-state index in [1.54, 1.807) is 24.3 Å². The normalized spacial score (nSPS) is 12.4. The van der Waals surface area contributed by atoms with E-state index in [1.807, 2.05) is 38.1 Å². The summed E-state index contributed by atoms with van der Waals surface area (Å²) in [6.45, 7) is 3.81. The Kier molecular flexibility index (Phi) is 6.20. The van der Waals surface area contributed by atoms with Gasteiger partial charge in [-0.1, -0.05) is 37.3 Å². The van der Waals surface area contributed by atoms with E-state index in [4.69, 9.17) is 4.74 Å². The van der Waals surface area contributed by atoms with E-state index in [2.05, 4.69) is 5.32 Å². The first-order chi connectivity index (χ1) is 11.8. The topological polar surface area (TPSA) is 72.5 Å². The fourth-order valence-corrected chi connectivity index (χ4v) is 3.10. The van der Waals surface area contributed by atoms with Gasteiger partial charge >= 0.3 is 0 Å². The molecule has 5 nitrogen and oxygen atoms in total. The zero-order valence-electron chi connectivity index (χ0n) is 14.7. The van der Waals surface area contributed by atoms with Gasteiger partial charge in [0.05, 0.1) is 10.9 Å². The van der Waals surface area contributed by atoms with Crippen LogP contribution < -0.4 is 10.1 Å². The molecular weight excluding hydrogens is 338 g/mol. The zero-order chi connectivity index (χ0) is 18.4. The maximum atomic E-state index is 12.2. The van der Waals surface area contributed by atoms with Crippen LogP contribution in [0.25, 0.3) is 0 Å². The molecule has 0 aliphatic rings. The van der Waals surface area contributed by atoms with Crippen LogP contribution in [-0.2, 0) is 14.6 Å². The molecule has 2 aromatic rings. The van der Waals surface area contributed by atoms with E-state index in [-0.39, 0.29) is 23.5 Å². The smallest absolute Gasteiger partial charge is 0.258 e. The van der Waals surface area contributed by atoms with Crippen molar-refractivity contribution in [3.05, 3.63) is 59.7 Å². The summed E-state index contributed by atoms with van der Waals surface area (Å²) in [6.07, 6.45) is 1.86. The quantitative estimate of drug-likeness (QED) is 0.823. The fraction of sp³-hybridized carbons (Fsp3) is 0.316. The Morgan fingerprint density at radius 2 is 1.76 bits per heavy atom. The van der Waals surface area contributed by atoms with E-state index in [1.165, 1.54) is 6.26 Å². The molecule has 1 atom stereocenters. The van der Waals surface area contributed by atoms with E-state index < -0.39 is 9.84 Å². The molecule has 2 aromatic carbocycles. The molecule has 0 aromatic heterocycles. The lowest BCUT2D eigenvalue weighted by molar-refractivity contribution is -0.123. The van der Waals surface area contributed by atoms with Crippen LogP contribution in [0.5, 0.6) is 5.75 Å². The van der Waals surface area contributed by atoms with Gasteiger partial charge in [-0.3, -0.25) is 4.79 Å². The third-order valence-electron chi connectivity index (χ3n) is 3.91. The lowest BCUT2D eigenvalue weighted by Crippen LogP contribution is -2.32. The number of nitrogens with one attached hydrogen (secondary N) is 1. The molecule has 0 bridgehead atoms. The third kappa shape index (κ3) is 5.32. The molecule has 0 saturated heterocycles. The highest BCUT2D eigenvalue weighted by molar-refractivity contribution is 7.90. The number of benzene rings is 2. The second-order valence-electron chi connectivity index (χ2n) is 5.92. The van der Waals surface area contributed by atoms with Crippen molar-refractivity contribution >= 4 is 15.7 Å². The van der Waals surface area contributed by atoms with Crippen molar-refractivity contribution in [1.82, 2.24) is 5.32 Å². The highest BCUT2D eigenvalue weighted by Crippen LogP contribution is 2.20. The first kappa shape index (κ1) is 19.0. The van der Waals surface area contributed by atoms with Crippen LogP contribution >= 0.6 is 0 Å². The van der Waals surface area contributed by atoms with Gasteiger partial charge in [-0.05, 0) is 42.7 Å². The van der Waals surface area contributed by atoms with Crippen LogP contribution in [0, 0.1) is 6.92 Å². The largest absolute Gasteiger partial charge is 0.484 e. The van der Waals surface area contributed by atoms with Gasteiger partial charge in [0.1, 0.15) is 5.75 Å². The van der Waals surface area contributed by atoms with Gasteiger partial charge in [0, 0.05) is 6.26 Å². The summed E-state index contributed by atoms with van der Waals surface area (Å²) < 4.78 is 28.6. The van der Waals surface area contributed by atoms with Crippen LogP contribution in [0.1, 0.15) is 30.5 Å². The molecule has 0 saturated carbocycles. The fourth-order valence-electron chi connectivity index (χ4n) is 2.47. The third-order valence-corrected chi connectivity index (χ3v) is 5.03. The van der Waals surface area contributed by atoms with Gasteiger partial charge in [-0.2, -0.15) is 0 Å². The summed E-state index contributed by atoms with van der Waals surface area (Å²) in [5, 5.41) is 2.92. The molecular formula is C19H23NO4S. The monoisotopic (exact) mass is 361 g/mol. The van der Waals surface area contributed by atoms with Crippen molar-refractivity contribution < 1.29 is 17.9 Å². The maximum absolute atomic E-state index is 12.2. The minimum Gasteiger partial charge on any atom is -0.484 e. The molecule has 2 rings (SSSR count). The molecule has 0 unspecified atom stereocenters. The maximum Gasteiger partial charge on any atom is 0.258 e. The first-order valence-corrected chi connectivity index (χ1v) is 9.98. The molecule has 0 spiro atoms. The minimum atomic E-state index is -3.23. The Labute approximate surface area is 148 Å². The van der Waals surface area contributed by atoms with E-state index in [9.17, 15) is 13.2 Å². The average molecular weight is 361 g/mol. The number of para-hydroxylation sites is 1. The average Bonchev–Trinajstić information content (AvgIpc) is 2.58. The molecule has 6 heteroatoms. The zero-order valence-corrected chi connectivity index (χ0v) is 15.5. The van der Waals surface area contributed by atoms with Gasteiger partial charge in [0.25, 0.3) is 5.91 Å². The van der Waals surface area contributed by atoms with Crippen molar-refractivity contribution in [2.24, 2.45) is 0 Å². The summed E-state index contributed by atoms with van der Waals surface area (Å²) >= 11 is 0. The number of sulfone groups is 1. The molecule has 0 radical (unpaired) electrons. The van der Waals surface area contributed by atoms with Gasteiger partial charge in [-0.25, -0.2) is 8.42 Å². The first-order valence-electron chi connectivity index (χ1n) is 8.09. The van der Waals surface area contributed by atoms with E-state index in [0.717, 1.165) is 11.1 Å². The van der Waals surface area contributed by atoms with Crippen molar-refractivity contribution in [3.8, 4) is 5.75 Å². The van der Waals surface area contributed by atoms with Gasteiger partial charge in [0.15, 0.2) is 16.4 Å². The summed E-state index contributed by atoms with van der Waals surface area (Å²) in [5.41, 5.74) is 1.83. The second kappa shape index (κ2) is 8.16. The number of hydrogen-bond donors (Lipinski definition) is 1. The van der Waals surface area contributed by atoms with E-state index in [0.29, 0.717) is 12.2 Å². The van der Waals surface area contributed by atoms with Crippen LogP contribution in [-0.4, -0.2) is 27.2 Å². The standard InChI is InChI=1S/C19H23NO4S/c1-4-17(15-9-11-16(12-10-15)25(3,22)23)20-19(21)13-24-18-8-6-5-7-14(18)2/h5-12,17H,4,13H2,1-3H3,(H,20,21)/t17-/m0/s1. The Morgan fingerprint density at radius 3 is 2.32 bits per heavy atom. The SMILES string of the molecule is CC[C@H](NC(=O)COc1ccccc1C)c1ccc(S(C)(=O)=O)cc1. The summed E-state index contributed by atoms with van der Waals surface area (Å²) in [6, 6.07) is 13.9. The van der Waals surface area contributed by atoms with Crippen molar-refractivity contribution in [3.63, 3.8) is 0 Å². The van der Waals surface area contributed by atoms with Gasteiger partial charge in [-0.15, -0.1) is 0 Å². The number of amides is 1. The van der Waals surface area contributed by atoms with Gasteiger partial charge in [0.2, 0.25) is 0 Å². The van der Waals surface area contributed by atoms with Crippen molar-refractivity contribution in [2.45, 2.75) is 31.2 Å². The molecule has 1 N–H and O–H groups in total. The summed E-state index contributed by atoms with van der Waals surface area (Å²) in [5.74, 6) is 0.463. The van der Waals surface area contributed by atoms with Crippen LogP contribution in [0.4, 0.5) is 0 Å². The Hall–Kier alpha value is -2.34. The number of carbonyl (C=O) groups excluding carboxylic acids is 1. The van der Waals surface area contributed by atoms with Crippen LogP contribution in [0.2, 0.25) is 0 Å². The molecule has 134 valence electrons. The molecule has 25 heavy (non-hydrogen) atoms. The van der Waals surface area contributed by atoms with Gasteiger partial charge < -0.3 is 10.1 Å². The predicted molar refractivity (Wildman–Crippen MR) is 97.4 cm³/mol. The van der Waals surface area contributed by atoms with Crippen molar-refractivity contribution in [2.75, 3.05) is 12.9 Å². The Morgan fingerprint density at radius 1 is 1.12 bits per heavy atom. The van der Waals surface area contributed by atoms with Crippen LogP contribution in [0.15, 0.2) is 53.4 Å². The Bertz CT molecular complexity index is 829. The van der Waals surface area contributed by atoms with Crippen molar-refractivity contribution in [1.29, 1.82) is 0 Å². The summed E-state index contributed by atoms with van der Waals surface area (Å²) in [7, 11) is -3.23. The number of ether oxygens (including phenoxy) is 1. The highest BCUT2D eigenvalue weighted by Gasteiger charge is 2.15. The molecule has 0 aliphatic heterocycles. The molecule has 0 aliphatic carbocycles. The molecule has 1 amide bonds.